The summed E-state index contributed by atoms with van der Waals surface area (Å²) in [6.07, 6.45) is 2.01. The van der Waals surface area contributed by atoms with E-state index < -0.39 is 0 Å². The van der Waals surface area contributed by atoms with Crippen LogP contribution in [0.3, 0.4) is 0 Å². The van der Waals surface area contributed by atoms with E-state index in [-0.39, 0.29) is 0 Å². The molecule has 0 aliphatic carbocycles. The van der Waals surface area contributed by atoms with Gasteiger partial charge >= 0.3 is 0 Å². The summed E-state index contributed by atoms with van der Waals surface area (Å²) < 4.78 is 21.3. The van der Waals surface area contributed by atoms with E-state index in [4.69, 9.17) is 24.7 Å². The van der Waals surface area contributed by atoms with E-state index in [2.05, 4.69) is 0 Å². The fraction of sp³-hybridized carbons (Fsp3) is 0.263. The van der Waals surface area contributed by atoms with Gasteiger partial charge < -0.3 is 24.7 Å². The van der Waals surface area contributed by atoms with Gasteiger partial charge in [-0.1, -0.05) is 12.1 Å². The van der Waals surface area contributed by atoms with Crippen LogP contribution in [0.1, 0.15) is 11.1 Å². The van der Waals surface area contributed by atoms with E-state index >= 15 is 0 Å². The second kappa shape index (κ2) is 8.26. The van der Waals surface area contributed by atoms with Gasteiger partial charge in [0.05, 0.1) is 28.4 Å². The van der Waals surface area contributed by atoms with Gasteiger partial charge in [0.2, 0.25) is 5.75 Å². The topological polar surface area (TPSA) is 62.9 Å². The Morgan fingerprint density at radius 3 is 1.88 bits per heavy atom. The number of hydrogen-bond donors (Lipinski definition) is 1. The number of nitrogens with two attached hydrogens (primary N) is 1. The molecule has 24 heavy (non-hydrogen) atoms. The van der Waals surface area contributed by atoms with Crippen LogP contribution in [-0.2, 0) is 0 Å². The predicted molar refractivity (Wildman–Crippen MR) is 96.0 cm³/mol. The molecule has 2 aromatic carbocycles. The summed E-state index contributed by atoms with van der Waals surface area (Å²) in [5.41, 5.74) is 8.88. The maximum absolute atomic E-state index is 5.93. The van der Waals surface area contributed by atoms with Crippen LogP contribution in [0.4, 0.5) is 0 Å². The van der Waals surface area contributed by atoms with Crippen molar-refractivity contribution in [2.75, 3.05) is 35.0 Å². The van der Waals surface area contributed by atoms with Crippen molar-refractivity contribution in [2.24, 2.45) is 5.73 Å². The number of ether oxygens (including phenoxy) is 4. The lowest BCUT2D eigenvalue weighted by Gasteiger charge is -2.14. The highest BCUT2D eigenvalue weighted by Gasteiger charge is 2.13. The Morgan fingerprint density at radius 2 is 1.46 bits per heavy atom. The third kappa shape index (κ3) is 3.81. The summed E-state index contributed by atoms with van der Waals surface area (Å²) in [5.74, 6) is 2.59. The zero-order valence-electron chi connectivity index (χ0n) is 14.5. The summed E-state index contributed by atoms with van der Waals surface area (Å²) in [6, 6.07) is 11.6. The minimum absolute atomic E-state index is 0.406. The van der Waals surface area contributed by atoms with Gasteiger partial charge in [0, 0.05) is 6.54 Å². The van der Waals surface area contributed by atoms with Crippen LogP contribution in [0, 0.1) is 0 Å². The zero-order chi connectivity index (χ0) is 17.5. The standard InChI is InChI=1S/C19H23NO4/c1-21-16-7-5-14(6-8-16)15(12-20)9-13-10-17(22-2)19(24-4)18(11-13)23-3/h5-11H,12,20H2,1-4H3/b15-9-. The van der Waals surface area contributed by atoms with Crippen LogP contribution < -0.4 is 24.7 Å². The van der Waals surface area contributed by atoms with Gasteiger partial charge in [0.1, 0.15) is 5.75 Å². The molecule has 0 radical (unpaired) electrons. The summed E-state index contributed by atoms with van der Waals surface area (Å²) in [5, 5.41) is 0. The summed E-state index contributed by atoms with van der Waals surface area (Å²) in [4.78, 5) is 0. The van der Waals surface area contributed by atoms with Crippen molar-refractivity contribution >= 4 is 11.6 Å². The number of methoxy groups -OCH3 is 4. The number of hydrogen-bond acceptors (Lipinski definition) is 5. The minimum atomic E-state index is 0.406. The van der Waals surface area contributed by atoms with E-state index in [1.54, 1.807) is 28.4 Å². The van der Waals surface area contributed by atoms with E-state index in [0.717, 1.165) is 22.4 Å². The molecule has 0 saturated heterocycles. The first kappa shape index (κ1) is 17.7. The van der Waals surface area contributed by atoms with Crippen LogP contribution in [0.5, 0.6) is 23.0 Å². The first-order valence-corrected chi connectivity index (χ1v) is 7.51. The molecule has 0 spiro atoms. The zero-order valence-corrected chi connectivity index (χ0v) is 14.5. The van der Waals surface area contributed by atoms with Gasteiger partial charge in [0.25, 0.3) is 0 Å². The van der Waals surface area contributed by atoms with Crippen molar-refractivity contribution in [2.45, 2.75) is 0 Å². The smallest absolute Gasteiger partial charge is 0.203 e. The molecule has 2 rings (SSSR count). The van der Waals surface area contributed by atoms with Crippen molar-refractivity contribution in [1.29, 1.82) is 0 Å². The lowest BCUT2D eigenvalue weighted by Crippen LogP contribution is -2.02. The monoisotopic (exact) mass is 329 g/mol. The molecule has 0 bridgehead atoms. The third-order valence-corrected chi connectivity index (χ3v) is 3.71. The van der Waals surface area contributed by atoms with Crippen molar-refractivity contribution in [3.63, 3.8) is 0 Å². The number of benzene rings is 2. The Morgan fingerprint density at radius 1 is 0.875 bits per heavy atom. The average molecular weight is 329 g/mol. The molecule has 0 fully saturated rings. The summed E-state index contributed by atoms with van der Waals surface area (Å²) >= 11 is 0. The van der Waals surface area contributed by atoms with Gasteiger partial charge in [-0.05, 0) is 47.0 Å². The highest BCUT2D eigenvalue weighted by atomic mass is 16.5. The predicted octanol–water partition coefficient (Wildman–Crippen LogP) is 3.22. The first-order chi connectivity index (χ1) is 11.7. The fourth-order valence-electron chi connectivity index (χ4n) is 2.45. The molecule has 0 unspecified atom stereocenters. The maximum atomic E-state index is 5.93. The molecule has 0 atom stereocenters. The largest absolute Gasteiger partial charge is 0.497 e. The minimum Gasteiger partial charge on any atom is -0.497 e. The Hall–Kier alpha value is -2.66. The second-order valence-corrected chi connectivity index (χ2v) is 5.06. The molecule has 0 heterocycles. The Labute approximate surface area is 142 Å². The molecule has 0 amide bonds. The molecule has 2 N–H and O–H groups in total. The number of rotatable bonds is 7. The third-order valence-electron chi connectivity index (χ3n) is 3.71. The molecular weight excluding hydrogens is 306 g/mol. The fourth-order valence-corrected chi connectivity index (χ4v) is 2.45. The molecule has 0 aliphatic rings. The average Bonchev–Trinajstić information content (AvgIpc) is 2.65. The van der Waals surface area contributed by atoms with E-state index in [1.807, 2.05) is 42.5 Å². The van der Waals surface area contributed by atoms with Gasteiger partial charge in [-0.3, -0.25) is 0 Å². The highest BCUT2D eigenvalue weighted by Crippen LogP contribution is 2.39. The normalized spacial score (nSPS) is 11.1. The van der Waals surface area contributed by atoms with Gasteiger partial charge in [-0.25, -0.2) is 0 Å². The van der Waals surface area contributed by atoms with Crippen molar-refractivity contribution in [3.8, 4) is 23.0 Å². The van der Waals surface area contributed by atoms with Crippen LogP contribution in [0.2, 0.25) is 0 Å². The summed E-state index contributed by atoms with van der Waals surface area (Å²) in [6.45, 7) is 0.406. The van der Waals surface area contributed by atoms with Crippen molar-refractivity contribution < 1.29 is 18.9 Å². The lowest BCUT2D eigenvalue weighted by molar-refractivity contribution is 0.324. The quantitative estimate of drug-likeness (QED) is 0.790. The van der Waals surface area contributed by atoms with Crippen molar-refractivity contribution in [3.05, 3.63) is 47.5 Å². The molecule has 5 heteroatoms. The van der Waals surface area contributed by atoms with E-state index in [0.29, 0.717) is 23.8 Å². The molecule has 0 saturated carbocycles. The SMILES string of the molecule is COc1ccc(/C(=C\c2cc(OC)c(OC)c(OC)c2)CN)cc1. The van der Waals surface area contributed by atoms with Crippen LogP contribution in [-0.4, -0.2) is 35.0 Å². The van der Waals surface area contributed by atoms with Gasteiger partial charge in [-0.15, -0.1) is 0 Å². The second-order valence-electron chi connectivity index (χ2n) is 5.06. The Kier molecular flexibility index (Phi) is 6.09. The van der Waals surface area contributed by atoms with Crippen LogP contribution >= 0.6 is 0 Å². The molecule has 5 nitrogen and oxygen atoms in total. The van der Waals surface area contributed by atoms with Crippen LogP contribution in [0.25, 0.3) is 11.6 Å². The summed E-state index contributed by atoms with van der Waals surface area (Å²) in [7, 11) is 6.42. The highest BCUT2D eigenvalue weighted by molar-refractivity contribution is 5.83. The molecule has 0 aliphatic heterocycles. The van der Waals surface area contributed by atoms with Gasteiger partial charge in [-0.2, -0.15) is 0 Å². The molecule has 2 aromatic rings. The van der Waals surface area contributed by atoms with Crippen molar-refractivity contribution in [1.82, 2.24) is 0 Å². The van der Waals surface area contributed by atoms with E-state index in [1.165, 1.54) is 0 Å². The van der Waals surface area contributed by atoms with Gasteiger partial charge in [0.15, 0.2) is 11.5 Å². The van der Waals surface area contributed by atoms with E-state index in [9.17, 15) is 0 Å². The molecular formula is C19H23NO4. The Balaban J connectivity index is 2.46. The lowest BCUT2D eigenvalue weighted by atomic mass is 10.0. The maximum Gasteiger partial charge on any atom is 0.203 e. The first-order valence-electron chi connectivity index (χ1n) is 7.51. The Bertz CT molecular complexity index is 683. The van der Waals surface area contributed by atoms with Crippen LogP contribution in [0.15, 0.2) is 36.4 Å². The molecule has 0 aromatic heterocycles. The molecule has 128 valence electrons.